The predicted molar refractivity (Wildman–Crippen MR) is 103 cm³/mol. The molecule has 2 aliphatic heterocycles. The Bertz CT molecular complexity index is 605. The second kappa shape index (κ2) is 8.70. The summed E-state index contributed by atoms with van der Waals surface area (Å²) in [5.74, 6) is 0.0961. The van der Waals surface area contributed by atoms with E-state index in [0.717, 1.165) is 49.4 Å². The minimum absolute atomic E-state index is 0.0961. The molecule has 2 saturated heterocycles. The molecular weight excluding hydrogens is 352 g/mol. The molecule has 2 aliphatic rings. The van der Waals surface area contributed by atoms with Gasteiger partial charge in [-0.25, -0.2) is 0 Å². The van der Waals surface area contributed by atoms with E-state index in [9.17, 15) is 4.79 Å². The molecule has 6 heteroatoms. The minimum Gasteiger partial charge on any atom is -0.384 e. The van der Waals surface area contributed by atoms with E-state index in [4.69, 9.17) is 21.1 Å². The molecule has 0 unspecified atom stereocenters. The third-order valence-corrected chi connectivity index (χ3v) is 6.27. The fraction of sp³-hybridized carbons (Fsp3) is 0.650. The van der Waals surface area contributed by atoms with Gasteiger partial charge in [-0.05, 0) is 50.4 Å². The predicted octanol–water partition coefficient (Wildman–Crippen LogP) is 2.52. The highest BCUT2D eigenvalue weighted by atomic mass is 35.5. The molecule has 0 aliphatic carbocycles. The largest absolute Gasteiger partial charge is 0.384 e. The van der Waals surface area contributed by atoms with E-state index in [1.54, 1.807) is 7.11 Å². The van der Waals surface area contributed by atoms with Crippen molar-refractivity contribution in [2.24, 2.45) is 5.41 Å². The van der Waals surface area contributed by atoms with Crippen LogP contribution in [0.3, 0.4) is 0 Å². The summed E-state index contributed by atoms with van der Waals surface area (Å²) in [6, 6.07) is 7.96. The minimum atomic E-state index is -0.438. The van der Waals surface area contributed by atoms with Crippen LogP contribution in [0.4, 0.5) is 0 Å². The van der Waals surface area contributed by atoms with Gasteiger partial charge >= 0.3 is 0 Å². The van der Waals surface area contributed by atoms with E-state index < -0.39 is 5.41 Å². The summed E-state index contributed by atoms with van der Waals surface area (Å²) in [7, 11) is 1.67. The monoisotopic (exact) mass is 380 g/mol. The first-order valence-electron chi connectivity index (χ1n) is 9.43. The molecule has 0 bridgehead atoms. The van der Waals surface area contributed by atoms with Crippen molar-refractivity contribution < 1.29 is 14.3 Å². The maximum atomic E-state index is 13.1. The lowest BCUT2D eigenvalue weighted by Gasteiger charge is -2.41. The van der Waals surface area contributed by atoms with E-state index in [1.807, 2.05) is 18.2 Å². The third kappa shape index (κ3) is 4.06. The number of benzene rings is 1. The average molecular weight is 381 g/mol. The molecule has 0 radical (unpaired) electrons. The average Bonchev–Trinajstić information content (AvgIpc) is 2.68. The highest BCUT2D eigenvalue weighted by molar-refractivity contribution is 6.31. The van der Waals surface area contributed by atoms with Gasteiger partial charge in [0.2, 0.25) is 5.91 Å². The first-order chi connectivity index (χ1) is 12.6. The highest BCUT2D eigenvalue weighted by Crippen LogP contribution is 2.38. The molecule has 1 amide bonds. The van der Waals surface area contributed by atoms with Crippen molar-refractivity contribution in [2.45, 2.75) is 31.1 Å². The van der Waals surface area contributed by atoms with Crippen LogP contribution in [0.2, 0.25) is 5.02 Å². The molecule has 0 aromatic heterocycles. The number of halogens is 1. The Morgan fingerprint density at radius 1 is 1.23 bits per heavy atom. The lowest BCUT2D eigenvalue weighted by molar-refractivity contribution is -0.136. The van der Waals surface area contributed by atoms with Crippen LogP contribution in [0.5, 0.6) is 0 Å². The number of carbonyl (C=O) groups excluding carboxylic acids is 1. The number of rotatable bonds is 6. The van der Waals surface area contributed by atoms with Gasteiger partial charge in [0, 0.05) is 37.3 Å². The number of hydrogen-bond donors (Lipinski definition) is 2. The molecule has 0 saturated carbocycles. The lowest BCUT2D eigenvalue weighted by Crippen LogP contribution is -2.53. The Hall–Kier alpha value is -1.14. The zero-order chi connectivity index (χ0) is 18.5. The maximum absolute atomic E-state index is 13.1. The summed E-state index contributed by atoms with van der Waals surface area (Å²) in [6.07, 6.45) is 3.31. The van der Waals surface area contributed by atoms with Crippen molar-refractivity contribution in [3.63, 3.8) is 0 Å². The van der Waals surface area contributed by atoms with Crippen molar-refractivity contribution in [3.05, 3.63) is 34.9 Å². The normalized spacial score (nSPS) is 21.9. The summed E-state index contributed by atoms with van der Waals surface area (Å²) in [5.41, 5.74) is 0.497. The van der Waals surface area contributed by atoms with Crippen LogP contribution >= 0.6 is 11.6 Å². The molecular formula is C20H29ClN2O3. The van der Waals surface area contributed by atoms with Crippen LogP contribution in [0.15, 0.2) is 24.3 Å². The second-order valence-corrected chi connectivity index (χ2v) is 7.93. The zero-order valence-electron chi connectivity index (χ0n) is 15.5. The highest BCUT2D eigenvalue weighted by Gasteiger charge is 2.42. The second-order valence-electron chi connectivity index (χ2n) is 7.52. The number of hydrogen-bond acceptors (Lipinski definition) is 4. The summed E-state index contributed by atoms with van der Waals surface area (Å²) >= 11 is 6.51. The van der Waals surface area contributed by atoms with E-state index in [2.05, 4.69) is 16.7 Å². The van der Waals surface area contributed by atoms with Crippen LogP contribution in [-0.2, 0) is 19.7 Å². The molecule has 0 atom stereocenters. The van der Waals surface area contributed by atoms with E-state index in [1.165, 1.54) is 0 Å². The molecule has 1 aromatic carbocycles. The Kier molecular flexibility index (Phi) is 6.56. The van der Waals surface area contributed by atoms with Gasteiger partial charge in [-0.15, -0.1) is 0 Å². The first kappa shape index (κ1) is 19.6. The number of nitrogens with one attached hydrogen (secondary N) is 2. The SMILES string of the molecule is COCC1(C(=O)NCC2(c3ccccc3Cl)CCOCC2)CCNCC1. The van der Waals surface area contributed by atoms with Gasteiger partial charge in [-0.2, -0.15) is 0 Å². The summed E-state index contributed by atoms with van der Waals surface area (Å²) in [4.78, 5) is 13.1. The number of piperidine rings is 1. The Labute approximate surface area is 160 Å². The molecule has 26 heavy (non-hydrogen) atoms. The number of ether oxygens (including phenoxy) is 2. The first-order valence-corrected chi connectivity index (χ1v) is 9.80. The molecule has 2 N–H and O–H groups in total. The van der Waals surface area contributed by atoms with Crippen molar-refractivity contribution >= 4 is 17.5 Å². The lowest BCUT2D eigenvalue weighted by atomic mass is 9.73. The van der Waals surface area contributed by atoms with E-state index in [0.29, 0.717) is 26.4 Å². The van der Waals surface area contributed by atoms with Gasteiger partial charge in [-0.3, -0.25) is 4.79 Å². The Morgan fingerprint density at radius 2 is 1.92 bits per heavy atom. The van der Waals surface area contributed by atoms with E-state index >= 15 is 0 Å². The van der Waals surface area contributed by atoms with Gasteiger partial charge in [0.25, 0.3) is 0 Å². The summed E-state index contributed by atoms with van der Waals surface area (Å²) in [6.45, 7) is 4.11. The fourth-order valence-electron chi connectivity index (χ4n) is 4.25. The molecule has 1 aromatic rings. The van der Waals surface area contributed by atoms with Crippen molar-refractivity contribution in [2.75, 3.05) is 46.6 Å². The van der Waals surface area contributed by atoms with Crippen LogP contribution < -0.4 is 10.6 Å². The number of amides is 1. The number of methoxy groups -OCH3 is 1. The van der Waals surface area contributed by atoms with Crippen LogP contribution in [-0.4, -0.2) is 52.5 Å². The van der Waals surface area contributed by atoms with E-state index in [-0.39, 0.29) is 11.3 Å². The van der Waals surface area contributed by atoms with Crippen molar-refractivity contribution in [1.82, 2.24) is 10.6 Å². The number of carbonyl (C=O) groups is 1. The van der Waals surface area contributed by atoms with Gasteiger partial charge < -0.3 is 20.1 Å². The van der Waals surface area contributed by atoms with Crippen LogP contribution in [0, 0.1) is 5.41 Å². The Balaban J connectivity index is 1.77. The van der Waals surface area contributed by atoms with Gasteiger partial charge in [-0.1, -0.05) is 29.8 Å². The third-order valence-electron chi connectivity index (χ3n) is 5.95. The van der Waals surface area contributed by atoms with Gasteiger partial charge in [0.1, 0.15) is 0 Å². The van der Waals surface area contributed by atoms with Gasteiger partial charge in [0.15, 0.2) is 0 Å². The smallest absolute Gasteiger partial charge is 0.228 e. The quantitative estimate of drug-likeness (QED) is 0.796. The maximum Gasteiger partial charge on any atom is 0.228 e. The van der Waals surface area contributed by atoms with Crippen LogP contribution in [0.25, 0.3) is 0 Å². The summed E-state index contributed by atoms with van der Waals surface area (Å²) < 4.78 is 11.0. The summed E-state index contributed by atoms with van der Waals surface area (Å²) in [5, 5.41) is 7.34. The molecule has 144 valence electrons. The fourth-order valence-corrected chi connectivity index (χ4v) is 4.59. The molecule has 2 fully saturated rings. The standard InChI is InChI=1S/C20H29ClN2O3/c1-25-15-20(6-10-22-11-7-20)18(24)23-14-19(8-12-26-13-9-19)16-4-2-3-5-17(16)21/h2-5,22H,6-15H2,1H3,(H,23,24). The zero-order valence-corrected chi connectivity index (χ0v) is 16.2. The molecule has 2 heterocycles. The van der Waals surface area contributed by atoms with Crippen molar-refractivity contribution in [3.8, 4) is 0 Å². The Morgan fingerprint density at radius 3 is 2.58 bits per heavy atom. The molecule has 0 spiro atoms. The molecule has 3 rings (SSSR count). The molecule has 5 nitrogen and oxygen atoms in total. The van der Waals surface area contributed by atoms with Crippen molar-refractivity contribution in [1.29, 1.82) is 0 Å². The topological polar surface area (TPSA) is 59.6 Å². The van der Waals surface area contributed by atoms with Gasteiger partial charge in [0.05, 0.1) is 12.0 Å². The van der Waals surface area contributed by atoms with Crippen LogP contribution in [0.1, 0.15) is 31.2 Å².